The molecule has 1 saturated heterocycles. The fourth-order valence-electron chi connectivity index (χ4n) is 3.36. The maximum Gasteiger partial charge on any atom is 0.322 e. The molecule has 1 aromatic carbocycles. The Labute approximate surface area is 152 Å². The Kier molecular flexibility index (Phi) is 4.64. The van der Waals surface area contributed by atoms with Crippen molar-refractivity contribution >= 4 is 11.7 Å². The summed E-state index contributed by atoms with van der Waals surface area (Å²) in [5.74, 6) is 0.841. The lowest BCUT2D eigenvalue weighted by molar-refractivity contribution is 0.160. The van der Waals surface area contributed by atoms with E-state index in [4.69, 9.17) is 0 Å². The lowest BCUT2D eigenvalue weighted by Gasteiger charge is -2.34. The maximum atomic E-state index is 12.8. The third-order valence-electron chi connectivity index (χ3n) is 4.69. The molecule has 0 spiro atoms. The highest BCUT2D eigenvalue weighted by Crippen LogP contribution is 2.31. The van der Waals surface area contributed by atoms with Gasteiger partial charge in [0, 0.05) is 24.6 Å². The maximum absolute atomic E-state index is 12.8. The van der Waals surface area contributed by atoms with Crippen LogP contribution < -0.4 is 5.32 Å². The lowest BCUT2D eigenvalue weighted by atomic mass is 10.0. The molecule has 1 aliphatic heterocycles. The highest BCUT2D eigenvalue weighted by Gasteiger charge is 2.30. The Morgan fingerprint density at radius 1 is 1.12 bits per heavy atom. The Hall–Kier alpha value is -3.15. The van der Waals surface area contributed by atoms with Gasteiger partial charge in [0.05, 0.1) is 17.9 Å². The molecule has 0 bridgehead atoms. The standard InChI is InChI=1S/C20H21N5O/c26-20(23-16-9-11-21-12-10-16)25-13-5-4-8-18(25)19-22-14-17(24-19)15-6-2-1-3-7-15/h1-3,6-7,9-12,14,18H,4-5,8,13H2,(H,22,24)(H,21,23,26)/t18-/m1/s1. The summed E-state index contributed by atoms with van der Waals surface area (Å²) in [6.07, 6.45) is 8.19. The number of piperidine rings is 1. The predicted molar refractivity (Wildman–Crippen MR) is 101 cm³/mol. The van der Waals surface area contributed by atoms with Crippen molar-refractivity contribution in [3.8, 4) is 11.3 Å². The molecule has 3 heterocycles. The van der Waals surface area contributed by atoms with Crippen LogP contribution in [0.2, 0.25) is 0 Å². The van der Waals surface area contributed by atoms with Crippen LogP contribution in [-0.4, -0.2) is 32.4 Å². The summed E-state index contributed by atoms with van der Waals surface area (Å²) in [5.41, 5.74) is 2.81. The van der Waals surface area contributed by atoms with Crippen LogP contribution in [0.15, 0.2) is 61.1 Å². The number of nitrogens with one attached hydrogen (secondary N) is 2. The zero-order chi connectivity index (χ0) is 17.8. The van der Waals surface area contributed by atoms with Gasteiger partial charge in [0.1, 0.15) is 5.82 Å². The number of imidazole rings is 1. The van der Waals surface area contributed by atoms with E-state index in [2.05, 4.69) is 20.3 Å². The van der Waals surface area contributed by atoms with Crippen LogP contribution in [0, 0.1) is 0 Å². The van der Waals surface area contributed by atoms with Crippen molar-refractivity contribution in [3.63, 3.8) is 0 Å². The third kappa shape index (κ3) is 3.44. The van der Waals surface area contributed by atoms with Crippen molar-refractivity contribution < 1.29 is 4.79 Å². The molecule has 2 aromatic heterocycles. The average Bonchev–Trinajstić information content (AvgIpc) is 3.19. The normalized spacial score (nSPS) is 17.1. The minimum absolute atomic E-state index is 0.0388. The van der Waals surface area contributed by atoms with E-state index in [1.54, 1.807) is 24.5 Å². The van der Waals surface area contributed by atoms with Crippen molar-refractivity contribution in [1.82, 2.24) is 19.9 Å². The van der Waals surface area contributed by atoms with E-state index >= 15 is 0 Å². The van der Waals surface area contributed by atoms with Gasteiger partial charge in [-0.1, -0.05) is 30.3 Å². The van der Waals surface area contributed by atoms with Crippen LogP contribution >= 0.6 is 0 Å². The molecule has 1 aliphatic rings. The highest BCUT2D eigenvalue weighted by molar-refractivity contribution is 5.89. The molecule has 0 radical (unpaired) electrons. The van der Waals surface area contributed by atoms with E-state index in [0.717, 1.165) is 48.6 Å². The molecule has 6 heteroatoms. The number of carbonyl (C=O) groups is 1. The van der Waals surface area contributed by atoms with Gasteiger partial charge in [-0.3, -0.25) is 4.98 Å². The van der Waals surface area contributed by atoms with Crippen molar-refractivity contribution in [2.75, 3.05) is 11.9 Å². The molecule has 132 valence electrons. The first-order valence-electron chi connectivity index (χ1n) is 8.89. The van der Waals surface area contributed by atoms with Gasteiger partial charge in [0.2, 0.25) is 0 Å². The molecule has 0 saturated carbocycles. The number of hydrogen-bond donors (Lipinski definition) is 2. The van der Waals surface area contributed by atoms with E-state index in [1.165, 1.54) is 0 Å². The number of aromatic amines is 1. The molecule has 2 N–H and O–H groups in total. The number of anilines is 1. The number of rotatable bonds is 3. The van der Waals surface area contributed by atoms with Crippen LogP contribution in [-0.2, 0) is 0 Å². The molecule has 0 aliphatic carbocycles. The van der Waals surface area contributed by atoms with Crippen LogP contribution in [0.25, 0.3) is 11.3 Å². The molecule has 26 heavy (non-hydrogen) atoms. The van der Waals surface area contributed by atoms with Gasteiger partial charge in [-0.05, 0) is 37.0 Å². The van der Waals surface area contributed by atoms with Crippen molar-refractivity contribution in [3.05, 3.63) is 66.9 Å². The highest BCUT2D eigenvalue weighted by atomic mass is 16.2. The van der Waals surface area contributed by atoms with E-state index in [9.17, 15) is 4.79 Å². The number of H-pyrrole nitrogens is 1. The topological polar surface area (TPSA) is 73.9 Å². The largest absolute Gasteiger partial charge is 0.340 e. The Balaban J connectivity index is 1.54. The number of benzene rings is 1. The summed E-state index contributed by atoms with van der Waals surface area (Å²) in [6, 6.07) is 13.5. The molecular weight excluding hydrogens is 326 g/mol. The molecule has 2 amide bonds. The van der Waals surface area contributed by atoms with Gasteiger partial charge < -0.3 is 15.2 Å². The lowest BCUT2D eigenvalue weighted by Crippen LogP contribution is -2.41. The number of carbonyl (C=O) groups excluding carboxylic acids is 1. The van der Waals surface area contributed by atoms with Gasteiger partial charge in [0.15, 0.2) is 0 Å². The smallest absolute Gasteiger partial charge is 0.322 e. The van der Waals surface area contributed by atoms with Crippen LogP contribution in [0.3, 0.4) is 0 Å². The second-order valence-electron chi connectivity index (χ2n) is 6.42. The molecule has 6 nitrogen and oxygen atoms in total. The molecular formula is C20H21N5O. The number of aromatic nitrogens is 3. The van der Waals surface area contributed by atoms with Gasteiger partial charge >= 0.3 is 6.03 Å². The Morgan fingerprint density at radius 3 is 2.73 bits per heavy atom. The van der Waals surface area contributed by atoms with E-state index in [-0.39, 0.29) is 12.1 Å². The van der Waals surface area contributed by atoms with Gasteiger partial charge in [-0.15, -0.1) is 0 Å². The predicted octanol–water partition coefficient (Wildman–Crippen LogP) is 4.23. The number of amides is 2. The monoisotopic (exact) mass is 347 g/mol. The minimum Gasteiger partial charge on any atom is -0.340 e. The van der Waals surface area contributed by atoms with E-state index < -0.39 is 0 Å². The number of hydrogen-bond acceptors (Lipinski definition) is 3. The van der Waals surface area contributed by atoms with Crippen LogP contribution in [0.1, 0.15) is 31.1 Å². The summed E-state index contributed by atoms with van der Waals surface area (Å²) in [5, 5.41) is 2.96. The van der Waals surface area contributed by atoms with E-state index in [1.807, 2.05) is 41.4 Å². The third-order valence-corrected chi connectivity index (χ3v) is 4.69. The second kappa shape index (κ2) is 7.39. The fraction of sp³-hybridized carbons (Fsp3) is 0.250. The van der Waals surface area contributed by atoms with Crippen molar-refractivity contribution in [2.24, 2.45) is 0 Å². The minimum atomic E-state index is -0.0986. The number of nitrogens with zero attached hydrogens (tertiary/aromatic N) is 3. The number of likely N-dealkylation sites (tertiary alicyclic amines) is 1. The van der Waals surface area contributed by atoms with Gasteiger partial charge in [0.25, 0.3) is 0 Å². The van der Waals surface area contributed by atoms with Gasteiger partial charge in [-0.25, -0.2) is 9.78 Å². The average molecular weight is 347 g/mol. The quantitative estimate of drug-likeness (QED) is 0.744. The fourth-order valence-corrected chi connectivity index (χ4v) is 3.36. The number of pyridine rings is 1. The van der Waals surface area contributed by atoms with Crippen LogP contribution in [0.4, 0.5) is 10.5 Å². The first kappa shape index (κ1) is 16.3. The first-order chi connectivity index (χ1) is 12.8. The molecule has 1 fully saturated rings. The zero-order valence-electron chi connectivity index (χ0n) is 14.4. The Morgan fingerprint density at radius 2 is 1.92 bits per heavy atom. The van der Waals surface area contributed by atoms with Crippen molar-refractivity contribution in [1.29, 1.82) is 0 Å². The summed E-state index contributed by atoms with van der Waals surface area (Å²) >= 11 is 0. The van der Waals surface area contributed by atoms with Crippen molar-refractivity contribution in [2.45, 2.75) is 25.3 Å². The number of urea groups is 1. The molecule has 1 atom stereocenters. The molecule has 0 unspecified atom stereocenters. The second-order valence-corrected chi connectivity index (χ2v) is 6.42. The summed E-state index contributed by atoms with van der Waals surface area (Å²) in [6.45, 7) is 0.725. The first-order valence-corrected chi connectivity index (χ1v) is 8.89. The summed E-state index contributed by atoms with van der Waals surface area (Å²) in [7, 11) is 0. The molecule has 4 rings (SSSR count). The molecule has 3 aromatic rings. The Bertz CT molecular complexity index is 862. The summed E-state index contributed by atoms with van der Waals surface area (Å²) < 4.78 is 0. The van der Waals surface area contributed by atoms with Crippen LogP contribution in [0.5, 0.6) is 0 Å². The summed E-state index contributed by atoms with van der Waals surface area (Å²) in [4.78, 5) is 26.6. The van der Waals surface area contributed by atoms with Gasteiger partial charge in [-0.2, -0.15) is 0 Å². The zero-order valence-corrected chi connectivity index (χ0v) is 14.4. The SMILES string of the molecule is O=C(Nc1ccncc1)N1CCCC[C@@H]1c1ncc(-c2ccccc2)[nH]1. The van der Waals surface area contributed by atoms with E-state index in [0.29, 0.717) is 0 Å².